The van der Waals surface area contributed by atoms with E-state index < -0.39 is 46.8 Å². The second-order valence-electron chi connectivity index (χ2n) is 12.0. The molecule has 0 saturated heterocycles. The predicted molar refractivity (Wildman–Crippen MR) is 164 cm³/mol. The number of halogens is 2. The minimum atomic E-state index is -0.819. The van der Waals surface area contributed by atoms with E-state index in [4.69, 9.17) is 9.47 Å². The number of carbonyl (C=O) groups excluding carboxylic acids is 4. The minimum absolute atomic E-state index is 0.117. The van der Waals surface area contributed by atoms with Gasteiger partial charge in [-0.05, 0) is 115 Å². The van der Waals surface area contributed by atoms with Crippen LogP contribution in [0.25, 0.3) is 0 Å². The lowest BCUT2D eigenvalue weighted by Crippen LogP contribution is -2.27. The highest BCUT2D eigenvalue weighted by atomic mass is 19.1. The van der Waals surface area contributed by atoms with Crippen molar-refractivity contribution >= 4 is 46.8 Å². The van der Waals surface area contributed by atoms with E-state index in [0.29, 0.717) is 11.1 Å². The summed E-state index contributed by atoms with van der Waals surface area (Å²) in [6.45, 7) is 13.3. The SMILES string of the molecule is Cc1cc(C(=O)Nc2ccc(NC(=O)OC(C)(C)C)c(F)c2)c(C)cc1C(=O)Nc1ccc(NC(=O)OC(C)(C)C)c(F)c1. The summed E-state index contributed by atoms with van der Waals surface area (Å²) in [6.07, 6.45) is -1.64. The molecule has 0 aliphatic carbocycles. The Morgan fingerprint density at radius 2 is 0.909 bits per heavy atom. The first-order valence-electron chi connectivity index (χ1n) is 13.6. The van der Waals surface area contributed by atoms with Crippen molar-refractivity contribution in [2.75, 3.05) is 21.3 Å². The molecular formula is C32H36F2N4O6. The number of carbonyl (C=O) groups is 4. The number of nitrogens with one attached hydrogen (secondary N) is 4. The molecule has 0 heterocycles. The molecule has 0 aromatic heterocycles. The van der Waals surface area contributed by atoms with E-state index in [0.717, 1.165) is 12.1 Å². The van der Waals surface area contributed by atoms with Crippen molar-refractivity contribution in [1.82, 2.24) is 0 Å². The maximum absolute atomic E-state index is 14.6. The van der Waals surface area contributed by atoms with E-state index in [1.807, 2.05) is 0 Å². The number of amides is 4. The van der Waals surface area contributed by atoms with E-state index in [9.17, 15) is 28.0 Å². The van der Waals surface area contributed by atoms with Crippen LogP contribution in [0.5, 0.6) is 0 Å². The summed E-state index contributed by atoms with van der Waals surface area (Å²) in [6, 6.07) is 10.6. The van der Waals surface area contributed by atoms with Crippen molar-refractivity contribution in [3.63, 3.8) is 0 Å². The van der Waals surface area contributed by atoms with E-state index in [1.54, 1.807) is 55.4 Å². The van der Waals surface area contributed by atoms with Gasteiger partial charge < -0.3 is 20.1 Å². The molecule has 4 N–H and O–H groups in total. The molecule has 3 aromatic carbocycles. The van der Waals surface area contributed by atoms with Crippen molar-refractivity contribution in [1.29, 1.82) is 0 Å². The van der Waals surface area contributed by atoms with Gasteiger partial charge in [-0.3, -0.25) is 20.2 Å². The highest BCUT2D eigenvalue weighted by Gasteiger charge is 2.20. The molecule has 0 spiro atoms. The molecule has 10 nitrogen and oxygen atoms in total. The number of hydrogen-bond donors (Lipinski definition) is 4. The van der Waals surface area contributed by atoms with E-state index in [1.165, 1.54) is 36.4 Å². The van der Waals surface area contributed by atoms with E-state index >= 15 is 0 Å². The monoisotopic (exact) mass is 610 g/mol. The average Bonchev–Trinajstić information content (AvgIpc) is 2.86. The molecule has 0 aliphatic heterocycles. The van der Waals surface area contributed by atoms with Gasteiger partial charge in [-0.1, -0.05) is 0 Å². The molecule has 3 rings (SSSR count). The van der Waals surface area contributed by atoms with Gasteiger partial charge in [0.05, 0.1) is 11.4 Å². The summed E-state index contributed by atoms with van der Waals surface area (Å²) in [7, 11) is 0. The lowest BCUT2D eigenvalue weighted by molar-refractivity contribution is 0.0624. The Kier molecular flexibility index (Phi) is 9.98. The fraction of sp³-hybridized carbons (Fsp3) is 0.312. The minimum Gasteiger partial charge on any atom is -0.444 e. The van der Waals surface area contributed by atoms with Gasteiger partial charge in [0.15, 0.2) is 0 Å². The van der Waals surface area contributed by atoms with Crippen molar-refractivity contribution in [3.8, 4) is 0 Å². The molecule has 12 heteroatoms. The van der Waals surface area contributed by atoms with Gasteiger partial charge in [0.1, 0.15) is 22.8 Å². The van der Waals surface area contributed by atoms with Crippen LogP contribution < -0.4 is 21.3 Å². The molecule has 0 fully saturated rings. The first-order valence-corrected chi connectivity index (χ1v) is 13.6. The third-order valence-electron chi connectivity index (χ3n) is 5.79. The lowest BCUT2D eigenvalue weighted by atomic mass is 9.98. The van der Waals surface area contributed by atoms with Crippen LogP contribution >= 0.6 is 0 Å². The molecule has 234 valence electrons. The molecule has 0 bridgehead atoms. The van der Waals surface area contributed by atoms with Crippen molar-refractivity contribution in [2.24, 2.45) is 0 Å². The van der Waals surface area contributed by atoms with Crippen LogP contribution in [0.15, 0.2) is 48.5 Å². The summed E-state index contributed by atoms with van der Waals surface area (Å²) in [5.74, 6) is -2.64. The third-order valence-corrected chi connectivity index (χ3v) is 5.79. The molecular weight excluding hydrogens is 574 g/mol. The van der Waals surface area contributed by atoms with Gasteiger partial charge in [-0.2, -0.15) is 0 Å². The Bertz CT molecular complexity index is 1490. The zero-order valence-electron chi connectivity index (χ0n) is 25.8. The predicted octanol–water partition coefficient (Wildman–Crippen LogP) is 7.78. The number of hydrogen-bond acceptors (Lipinski definition) is 6. The molecule has 0 aliphatic rings. The Labute approximate surface area is 254 Å². The lowest BCUT2D eigenvalue weighted by Gasteiger charge is -2.20. The highest BCUT2D eigenvalue weighted by molar-refractivity contribution is 6.09. The Hall–Kier alpha value is -5.00. The smallest absolute Gasteiger partial charge is 0.412 e. The van der Waals surface area contributed by atoms with Gasteiger partial charge in [0.25, 0.3) is 11.8 Å². The quantitative estimate of drug-likeness (QED) is 0.225. The summed E-state index contributed by atoms with van der Waals surface area (Å²) < 4.78 is 39.5. The van der Waals surface area contributed by atoms with Gasteiger partial charge in [0.2, 0.25) is 0 Å². The first-order chi connectivity index (χ1) is 20.3. The normalized spacial score (nSPS) is 11.3. The number of rotatable bonds is 6. The average molecular weight is 611 g/mol. The third kappa shape index (κ3) is 9.51. The number of anilines is 4. The Morgan fingerprint density at radius 3 is 1.20 bits per heavy atom. The zero-order chi connectivity index (χ0) is 33.0. The number of ether oxygens (including phenoxy) is 2. The molecule has 44 heavy (non-hydrogen) atoms. The second-order valence-corrected chi connectivity index (χ2v) is 12.0. The largest absolute Gasteiger partial charge is 0.444 e. The molecule has 0 radical (unpaired) electrons. The van der Waals surface area contributed by atoms with Crippen LogP contribution in [0.1, 0.15) is 73.4 Å². The van der Waals surface area contributed by atoms with Crippen LogP contribution in [0.2, 0.25) is 0 Å². The fourth-order valence-electron chi connectivity index (χ4n) is 3.92. The van der Waals surface area contributed by atoms with E-state index in [-0.39, 0.29) is 33.9 Å². The summed E-state index contributed by atoms with van der Waals surface area (Å²) in [5.41, 5.74) is -0.0331. The van der Waals surface area contributed by atoms with Crippen LogP contribution in [-0.2, 0) is 9.47 Å². The fourth-order valence-corrected chi connectivity index (χ4v) is 3.92. The van der Waals surface area contributed by atoms with Crippen LogP contribution in [-0.4, -0.2) is 35.2 Å². The molecule has 3 aromatic rings. The van der Waals surface area contributed by atoms with Crippen LogP contribution in [0.4, 0.5) is 41.1 Å². The number of benzene rings is 3. The molecule has 4 amide bonds. The standard InChI is InChI=1S/C32H36F2N4O6/c1-17-13-22(28(40)36-20-10-12-26(24(34)16-20)38-30(42)44-32(6,7)8)18(2)14-21(17)27(39)35-19-9-11-25(23(33)15-19)37-29(41)43-31(3,4)5/h9-16H,1-8H3,(H,35,39)(H,36,40)(H,37,41)(H,38,42). The van der Waals surface area contributed by atoms with Gasteiger partial charge >= 0.3 is 12.2 Å². The van der Waals surface area contributed by atoms with Crippen molar-refractivity contribution < 1.29 is 37.4 Å². The highest BCUT2D eigenvalue weighted by Crippen LogP contribution is 2.24. The molecule has 0 unspecified atom stereocenters. The molecule has 0 saturated carbocycles. The maximum Gasteiger partial charge on any atom is 0.412 e. The van der Waals surface area contributed by atoms with Gasteiger partial charge in [-0.25, -0.2) is 18.4 Å². The second kappa shape index (κ2) is 13.1. The topological polar surface area (TPSA) is 135 Å². The summed E-state index contributed by atoms with van der Waals surface area (Å²) in [4.78, 5) is 49.9. The first kappa shape index (κ1) is 33.5. The summed E-state index contributed by atoms with van der Waals surface area (Å²) >= 11 is 0. The molecule has 0 atom stereocenters. The number of aryl methyl sites for hydroxylation is 2. The van der Waals surface area contributed by atoms with Crippen LogP contribution in [0, 0.1) is 25.5 Å². The van der Waals surface area contributed by atoms with E-state index in [2.05, 4.69) is 21.3 Å². The van der Waals surface area contributed by atoms with Gasteiger partial charge in [0, 0.05) is 22.5 Å². The zero-order valence-corrected chi connectivity index (χ0v) is 25.8. The van der Waals surface area contributed by atoms with Crippen molar-refractivity contribution in [2.45, 2.75) is 66.6 Å². The Morgan fingerprint density at radius 1 is 0.568 bits per heavy atom. The Balaban J connectivity index is 1.68. The van der Waals surface area contributed by atoms with Crippen molar-refractivity contribution in [3.05, 3.63) is 82.4 Å². The van der Waals surface area contributed by atoms with Crippen LogP contribution in [0.3, 0.4) is 0 Å². The van der Waals surface area contributed by atoms with Gasteiger partial charge in [-0.15, -0.1) is 0 Å². The maximum atomic E-state index is 14.6. The summed E-state index contributed by atoms with van der Waals surface area (Å²) in [5, 5.41) is 9.86.